The van der Waals surface area contributed by atoms with Crippen LogP contribution in [0.15, 0.2) is 18.2 Å². The molecule has 0 radical (unpaired) electrons. The standard InChI is InChI=1S/C14H20N2O2/c1-9-11(5-3-6-12(9)15)14(17)16-10(2)13-7-4-8-18-13/h3,5-6,10,13H,4,7-8,15H2,1-2H3,(H,16,17). The number of nitrogens with two attached hydrogens (primary N) is 1. The van der Waals surface area contributed by atoms with E-state index in [-0.39, 0.29) is 18.1 Å². The zero-order valence-electron chi connectivity index (χ0n) is 10.9. The fraction of sp³-hybridized carbons (Fsp3) is 0.500. The van der Waals surface area contributed by atoms with Crippen LogP contribution in [0, 0.1) is 6.92 Å². The van der Waals surface area contributed by atoms with Gasteiger partial charge in [-0.3, -0.25) is 4.79 Å². The number of carbonyl (C=O) groups excluding carboxylic acids is 1. The Bertz CT molecular complexity index is 439. The minimum absolute atomic E-state index is 0.0285. The summed E-state index contributed by atoms with van der Waals surface area (Å²) < 4.78 is 5.57. The van der Waals surface area contributed by atoms with Gasteiger partial charge in [0, 0.05) is 17.9 Å². The Balaban J connectivity index is 2.05. The van der Waals surface area contributed by atoms with Crippen molar-refractivity contribution in [2.45, 2.75) is 38.8 Å². The first-order valence-corrected chi connectivity index (χ1v) is 6.37. The van der Waals surface area contributed by atoms with Gasteiger partial charge in [0.1, 0.15) is 0 Å². The summed E-state index contributed by atoms with van der Waals surface area (Å²) in [6.45, 7) is 4.64. The Morgan fingerprint density at radius 2 is 2.33 bits per heavy atom. The molecular weight excluding hydrogens is 228 g/mol. The number of amides is 1. The fourth-order valence-electron chi connectivity index (χ4n) is 2.27. The highest BCUT2D eigenvalue weighted by atomic mass is 16.5. The van der Waals surface area contributed by atoms with E-state index < -0.39 is 0 Å². The average molecular weight is 248 g/mol. The normalized spacial score (nSPS) is 20.7. The average Bonchev–Trinajstić information content (AvgIpc) is 2.86. The van der Waals surface area contributed by atoms with Crippen molar-refractivity contribution in [1.82, 2.24) is 5.32 Å². The minimum Gasteiger partial charge on any atom is -0.398 e. The number of hydrogen-bond acceptors (Lipinski definition) is 3. The summed E-state index contributed by atoms with van der Waals surface area (Å²) in [4.78, 5) is 12.2. The van der Waals surface area contributed by atoms with E-state index >= 15 is 0 Å². The van der Waals surface area contributed by atoms with Crippen LogP contribution < -0.4 is 11.1 Å². The van der Waals surface area contributed by atoms with Gasteiger partial charge < -0.3 is 15.8 Å². The lowest BCUT2D eigenvalue weighted by Gasteiger charge is -2.20. The zero-order chi connectivity index (χ0) is 13.1. The van der Waals surface area contributed by atoms with Crippen molar-refractivity contribution >= 4 is 11.6 Å². The smallest absolute Gasteiger partial charge is 0.251 e. The molecule has 0 aromatic heterocycles. The molecule has 4 heteroatoms. The first kappa shape index (κ1) is 12.9. The molecule has 2 atom stereocenters. The number of nitrogens with one attached hydrogen (secondary N) is 1. The molecule has 0 spiro atoms. The van der Waals surface area contributed by atoms with Crippen molar-refractivity contribution < 1.29 is 9.53 Å². The topological polar surface area (TPSA) is 64.4 Å². The van der Waals surface area contributed by atoms with E-state index in [9.17, 15) is 4.79 Å². The molecule has 0 saturated carbocycles. The van der Waals surface area contributed by atoms with Crippen molar-refractivity contribution in [2.24, 2.45) is 0 Å². The number of carbonyl (C=O) groups is 1. The third-order valence-electron chi connectivity index (χ3n) is 3.50. The van der Waals surface area contributed by atoms with Crippen LogP contribution in [-0.2, 0) is 4.74 Å². The molecule has 1 aliphatic heterocycles. The van der Waals surface area contributed by atoms with Crippen LogP contribution in [-0.4, -0.2) is 24.7 Å². The second kappa shape index (κ2) is 5.40. The molecule has 2 rings (SSSR count). The van der Waals surface area contributed by atoms with Gasteiger partial charge in [-0.15, -0.1) is 0 Å². The fourth-order valence-corrected chi connectivity index (χ4v) is 2.27. The first-order chi connectivity index (χ1) is 8.59. The van der Waals surface area contributed by atoms with Gasteiger partial charge in [0.15, 0.2) is 0 Å². The second-order valence-corrected chi connectivity index (χ2v) is 4.83. The van der Waals surface area contributed by atoms with E-state index in [1.165, 1.54) is 0 Å². The van der Waals surface area contributed by atoms with Gasteiger partial charge in [0.25, 0.3) is 5.91 Å². The molecule has 98 valence electrons. The van der Waals surface area contributed by atoms with E-state index in [1.54, 1.807) is 18.2 Å². The van der Waals surface area contributed by atoms with Crippen LogP contribution in [0.1, 0.15) is 35.7 Å². The number of ether oxygens (including phenoxy) is 1. The van der Waals surface area contributed by atoms with E-state index in [1.807, 2.05) is 13.8 Å². The van der Waals surface area contributed by atoms with E-state index in [4.69, 9.17) is 10.5 Å². The molecule has 1 aromatic carbocycles. The van der Waals surface area contributed by atoms with Crippen molar-refractivity contribution in [3.63, 3.8) is 0 Å². The van der Waals surface area contributed by atoms with Gasteiger partial charge in [0.2, 0.25) is 0 Å². The van der Waals surface area contributed by atoms with Crippen LogP contribution >= 0.6 is 0 Å². The monoisotopic (exact) mass is 248 g/mol. The molecule has 2 unspecified atom stereocenters. The van der Waals surface area contributed by atoms with Crippen molar-refractivity contribution in [1.29, 1.82) is 0 Å². The number of hydrogen-bond donors (Lipinski definition) is 2. The summed E-state index contributed by atoms with van der Waals surface area (Å²) in [5.41, 5.74) is 7.92. The maximum Gasteiger partial charge on any atom is 0.251 e. The second-order valence-electron chi connectivity index (χ2n) is 4.83. The van der Waals surface area contributed by atoms with Crippen LogP contribution in [0.2, 0.25) is 0 Å². The Kier molecular flexibility index (Phi) is 3.87. The molecule has 1 aromatic rings. The molecule has 0 aliphatic carbocycles. The Morgan fingerprint density at radius 3 is 3.00 bits per heavy atom. The Labute approximate surface area is 108 Å². The molecule has 4 nitrogen and oxygen atoms in total. The van der Waals surface area contributed by atoms with Crippen molar-refractivity contribution in [3.05, 3.63) is 29.3 Å². The molecular formula is C14H20N2O2. The number of nitrogen functional groups attached to an aromatic ring is 1. The number of anilines is 1. The van der Waals surface area contributed by atoms with Crippen LogP contribution in [0.5, 0.6) is 0 Å². The summed E-state index contributed by atoms with van der Waals surface area (Å²) in [6, 6.07) is 5.42. The minimum atomic E-state index is -0.0807. The Hall–Kier alpha value is -1.55. The predicted octanol–water partition coefficient (Wildman–Crippen LogP) is 1.87. The number of rotatable bonds is 3. The summed E-state index contributed by atoms with van der Waals surface area (Å²) in [5.74, 6) is -0.0807. The van der Waals surface area contributed by atoms with Gasteiger partial charge in [-0.05, 0) is 44.4 Å². The largest absolute Gasteiger partial charge is 0.398 e. The SMILES string of the molecule is Cc1c(N)cccc1C(=O)NC(C)C1CCCO1. The third-order valence-corrected chi connectivity index (χ3v) is 3.50. The molecule has 1 heterocycles. The molecule has 1 amide bonds. The van der Waals surface area contributed by atoms with Crippen LogP contribution in [0.4, 0.5) is 5.69 Å². The lowest BCUT2D eigenvalue weighted by molar-refractivity contribution is 0.0712. The summed E-state index contributed by atoms with van der Waals surface area (Å²) in [5, 5.41) is 2.99. The van der Waals surface area contributed by atoms with E-state index in [0.717, 1.165) is 25.0 Å². The molecule has 3 N–H and O–H groups in total. The Morgan fingerprint density at radius 1 is 1.56 bits per heavy atom. The van der Waals surface area contributed by atoms with Crippen molar-refractivity contribution in [2.75, 3.05) is 12.3 Å². The van der Waals surface area contributed by atoms with Crippen LogP contribution in [0.25, 0.3) is 0 Å². The highest BCUT2D eigenvalue weighted by Gasteiger charge is 2.24. The summed E-state index contributed by atoms with van der Waals surface area (Å²) in [6.07, 6.45) is 2.22. The summed E-state index contributed by atoms with van der Waals surface area (Å²) >= 11 is 0. The first-order valence-electron chi connectivity index (χ1n) is 6.37. The molecule has 1 fully saturated rings. The van der Waals surface area contributed by atoms with E-state index in [2.05, 4.69) is 5.32 Å². The maximum atomic E-state index is 12.2. The third kappa shape index (κ3) is 2.64. The van der Waals surface area contributed by atoms with Gasteiger partial charge in [0.05, 0.1) is 12.1 Å². The van der Waals surface area contributed by atoms with Crippen LogP contribution in [0.3, 0.4) is 0 Å². The lowest BCUT2D eigenvalue weighted by atomic mass is 10.0. The van der Waals surface area contributed by atoms with Gasteiger partial charge >= 0.3 is 0 Å². The maximum absolute atomic E-state index is 12.2. The highest BCUT2D eigenvalue weighted by Crippen LogP contribution is 2.18. The van der Waals surface area contributed by atoms with Gasteiger partial charge in [-0.25, -0.2) is 0 Å². The summed E-state index contributed by atoms with van der Waals surface area (Å²) in [7, 11) is 0. The molecule has 1 aliphatic rings. The molecule has 18 heavy (non-hydrogen) atoms. The highest BCUT2D eigenvalue weighted by molar-refractivity contribution is 5.97. The van der Waals surface area contributed by atoms with Gasteiger partial charge in [-0.2, -0.15) is 0 Å². The lowest BCUT2D eigenvalue weighted by Crippen LogP contribution is -2.41. The van der Waals surface area contributed by atoms with E-state index in [0.29, 0.717) is 11.3 Å². The zero-order valence-corrected chi connectivity index (χ0v) is 10.9. The van der Waals surface area contributed by atoms with Gasteiger partial charge in [-0.1, -0.05) is 6.07 Å². The molecule has 1 saturated heterocycles. The quantitative estimate of drug-likeness (QED) is 0.803. The predicted molar refractivity (Wildman–Crippen MR) is 71.5 cm³/mol. The van der Waals surface area contributed by atoms with Crippen molar-refractivity contribution in [3.8, 4) is 0 Å². The number of benzene rings is 1. The molecule has 0 bridgehead atoms.